The summed E-state index contributed by atoms with van der Waals surface area (Å²) in [6.07, 6.45) is 17.7. The van der Waals surface area contributed by atoms with Crippen LogP contribution in [0.3, 0.4) is 0 Å². The molecular formula is C64H48Au2P2+2. The van der Waals surface area contributed by atoms with E-state index in [1.54, 1.807) is 0 Å². The Hall–Kier alpha value is -6.08. The van der Waals surface area contributed by atoms with E-state index in [2.05, 4.69) is 212 Å². The minimum atomic E-state index is -0.783. The third-order valence-electron chi connectivity index (χ3n) is 12.1. The molecule has 0 spiro atoms. The largest absolute Gasteiger partial charge is 1.00 e. The summed E-state index contributed by atoms with van der Waals surface area (Å²) in [7, 11) is -1.57. The van der Waals surface area contributed by atoms with E-state index in [1.807, 2.05) is 54.6 Å². The van der Waals surface area contributed by atoms with Crippen molar-refractivity contribution in [2.24, 2.45) is 0 Å². The molecule has 0 amide bonds. The van der Waals surface area contributed by atoms with E-state index in [0.29, 0.717) is 0 Å². The number of rotatable bonds is 8. The molecule has 0 aliphatic carbocycles. The fourth-order valence-corrected chi connectivity index (χ4v) is 15.2. The van der Waals surface area contributed by atoms with E-state index in [1.165, 1.54) is 55.4 Å². The van der Waals surface area contributed by atoms with Gasteiger partial charge in [-0.15, -0.1) is 11.1 Å². The molecule has 0 heterocycles. The van der Waals surface area contributed by atoms with Gasteiger partial charge in [-0.1, -0.05) is 222 Å². The van der Waals surface area contributed by atoms with Crippen LogP contribution >= 0.6 is 15.8 Å². The fourth-order valence-electron chi connectivity index (χ4n) is 9.05. The third-order valence-corrected chi connectivity index (χ3v) is 18.3. The van der Waals surface area contributed by atoms with E-state index in [0.717, 1.165) is 43.4 Å². The summed E-state index contributed by atoms with van der Waals surface area (Å²) in [4.78, 5) is 0. The summed E-state index contributed by atoms with van der Waals surface area (Å²) < 4.78 is 0. The number of fused-ring (bicyclic) bond motifs is 4. The summed E-state index contributed by atoms with van der Waals surface area (Å²) in [6.45, 7) is 0. The van der Waals surface area contributed by atoms with Gasteiger partial charge in [0.05, 0.1) is 37.1 Å². The maximum Gasteiger partial charge on any atom is 1.00 e. The zero-order chi connectivity index (χ0) is 44.9. The first-order chi connectivity index (χ1) is 32.7. The molecule has 0 fully saturated rings. The second-order valence-corrected chi connectivity index (χ2v) is 21.3. The Morgan fingerprint density at radius 2 is 0.559 bits per heavy atom. The van der Waals surface area contributed by atoms with E-state index in [4.69, 9.17) is 12.8 Å². The van der Waals surface area contributed by atoms with Crippen LogP contribution in [0, 0.1) is 24.7 Å². The molecule has 0 unspecified atom stereocenters. The minimum Gasteiger partial charge on any atom is -0.366 e. The molecule has 0 aliphatic heterocycles. The van der Waals surface area contributed by atoms with Crippen LogP contribution in [0.15, 0.2) is 255 Å². The summed E-state index contributed by atoms with van der Waals surface area (Å²) in [5.74, 6) is 5.20. The summed E-state index contributed by atoms with van der Waals surface area (Å²) in [5, 5.41) is 15.1. The zero-order valence-corrected chi connectivity index (χ0v) is 43.6. The molecule has 0 aliphatic rings. The van der Waals surface area contributed by atoms with Gasteiger partial charge >= 0.3 is 44.8 Å². The summed E-state index contributed by atoms with van der Waals surface area (Å²) >= 11 is 0. The maximum atomic E-state index is 7.73. The third kappa shape index (κ3) is 11.4. The van der Waals surface area contributed by atoms with Crippen LogP contribution in [0.4, 0.5) is 0 Å². The molecule has 0 atom stereocenters. The number of benzene rings is 11. The number of hydrogen-bond acceptors (Lipinski definition) is 0. The van der Waals surface area contributed by atoms with Gasteiger partial charge in [-0.25, -0.2) is 0 Å². The molecule has 11 aromatic carbocycles. The van der Waals surface area contributed by atoms with Crippen LogP contribution in [0.25, 0.3) is 54.2 Å². The van der Waals surface area contributed by atoms with E-state index in [9.17, 15) is 0 Å². The molecule has 0 saturated carbocycles. The van der Waals surface area contributed by atoms with Crippen molar-refractivity contribution in [3.63, 3.8) is 0 Å². The molecule has 11 rings (SSSR count). The Labute approximate surface area is 435 Å². The van der Waals surface area contributed by atoms with Crippen molar-refractivity contribution in [3.8, 4) is 23.0 Å². The van der Waals surface area contributed by atoms with Gasteiger partial charge in [0, 0.05) is 0 Å². The van der Waals surface area contributed by atoms with Crippen LogP contribution in [0.2, 0.25) is 0 Å². The van der Waals surface area contributed by atoms with Crippen molar-refractivity contribution in [2.45, 2.75) is 0 Å². The average Bonchev–Trinajstić information content (AvgIpc) is 3.40. The van der Waals surface area contributed by atoms with E-state index in [-0.39, 0.29) is 44.8 Å². The van der Waals surface area contributed by atoms with Crippen molar-refractivity contribution in [2.75, 3.05) is 12.3 Å². The Bertz CT molecular complexity index is 3170. The molecule has 0 bridgehead atoms. The second kappa shape index (κ2) is 24.8. The van der Waals surface area contributed by atoms with Gasteiger partial charge in [0.25, 0.3) is 0 Å². The minimum absolute atomic E-state index is 0. The molecule has 0 saturated heterocycles. The van der Waals surface area contributed by atoms with Gasteiger partial charge in [-0.3, -0.25) is 11.8 Å². The predicted octanol–water partition coefficient (Wildman–Crippen LogP) is 14.2. The Morgan fingerprint density at radius 1 is 0.294 bits per heavy atom. The smallest absolute Gasteiger partial charge is 0.366 e. The first-order valence-corrected chi connectivity index (χ1v) is 25.8. The Morgan fingerprint density at radius 3 is 0.897 bits per heavy atom. The van der Waals surface area contributed by atoms with E-state index < -0.39 is 15.8 Å². The first-order valence-electron chi connectivity index (χ1n) is 22.4. The molecule has 11 aromatic rings. The van der Waals surface area contributed by atoms with Crippen LogP contribution < -0.4 is 21.2 Å². The molecule has 4 heteroatoms. The van der Waals surface area contributed by atoms with Crippen molar-refractivity contribution in [1.82, 2.24) is 0 Å². The summed E-state index contributed by atoms with van der Waals surface area (Å²) in [6, 6.07) is 89.9. The zero-order valence-electron chi connectivity index (χ0n) is 37.3. The Balaban J connectivity index is 0.000000154. The van der Waals surface area contributed by atoms with Gasteiger partial charge in [-0.2, -0.15) is 0 Å². The van der Waals surface area contributed by atoms with Crippen molar-refractivity contribution < 1.29 is 44.8 Å². The topological polar surface area (TPSA) is 0 Å². The molecule has 0 radical (unpaired) electrons. The molecule has 334 valence electrons. The maximum absolute atomic E-state index is 7.73. The predicted molar refractivity (Wildman–Crippen MR) is 291 cm³/mol. The van der Waals surface area contributed by atoms with E-state index >= 15 is 0 Å². The van der Waals surface area contributed by atoms with Gasteiger partial charge in [0.1, 0.15) is 12.3 Å². The van der Waals surface area contributed by atoms with Crippen LogP contribution in [0.5, 0.6) is 0 Å². The summed E-state index contributed by atoms with van der Waals surface area (Å²) in [5.41, 5.74) is 4.18. The van der Waals surface area contributed by atoms with Crippen LogP contribution in [-0.4, -0.2) is 12.3 Å². The molecular weight excluding hydrogens is 1220 g/mol. The second-order valence-electron chi connectivity index (χ2n) is 16.1. The van der Waals surface area contributed by atoms with Crippen LogP contribution in [-0.2, 0) is 44.8 Å². The average molecular weight is 1270 g/mol. The van der Waals surface area contributed by atoms with Gasteiger partial charge in [-0.05, 0) is 87.3 Å². The molecule has 0 aromatic heterocycles. The van der Waals surface area contributed by atoms with Crippen molar-refractivity contribution in [1.29, 1.82) is 0 Å². The standard InChI is InChI=1S/C26H24P2.C22H13.C16H9.2Au/c1-5-13-23(14-6-1)27(24-15-7-2-8-16-24)21-22-28(25-17-9-3-10-18-25)26-19-11-4-12-20-26;1-2-17-18-12-6-8-14-20(18)22(16-10-4-3-5-11-16)21-15-9-7-13-19(17)21;1-2-14-15-9-5-3-7-12(15)11-13-8-4-6-10-16(13)14;;/h1-20H,21-22H2;3-15H;3-11H;;/q;2*-1;2*+1/p+2. The van der Waals surface area contributed by atoms with Crippen molar-refractivity contribution >= 4 is 80.2 Å². The first kappa shape index (κ1) is 49.8. The van der Waals surface area contributed by atoms with Crippen LogP contribution in [0.1, 0.15) is 11.1 Å². The normalized spacial score (nSPS) is 10.5. The van der Waals surface area contributed by atoms with Gasteiger partial charge in [0.15, 0.2) is 0 Å². The molecule has 0 N–H and O–H groups in total. The number of hydrogen-bond donors (Lipinski definition) is 0. The Kier molecular flexibility index (Phi) is 18.2. The molecule has 0 nitrogen and oxygen atoms in total. The van der Waals surface area contributed by atoms with Crippen molar-refractivity contribution in [3.05, 3.63) is 279 Å². The quantitative estimate of drug-likeness (QED) is 0.0468. The monoisotopic (exact) mass is 1270 g/mol. The molecule has 68 heavy (non-hydrogen) atoms. The van der Waals surface area contributed by atoms with Gasteiger partial charge < -0.3 is 12.8 Å². The fraction of sp³-hybridized carbons (Fsp3) is 0.0312. The van der Waals surface area contributed by atoms with Gasteiger partial charge in [0.2, 0.25) is 0 Å². The SMILES string of the molecule is [Au+].[Au+].[C-]#Cc1c2ccccc2c(-c2ccccc2)c2ccccc12.[C-]#Cc1c2ccccc2cc2ccccc12.c1ccc([PH+](CC[PH+](c2ccccc2)c2ccccc2)c2ccccc2)cc1.